The first kappa shape index (κ1) is 22.8. The van der Waals surface area contributed by atoms with Crippen LogP contribution in [0.3, 0.4) is 0 Å². The van der Waals surface area contributed by atoms with Crippen molar-refractivity contribution in [3.05, 3.63) is 51.9 Å². The molecule has 5 aliphatic carbocycles. The van der Waals surface area contributed by atoms with Gasteiger partial charge in [-0.2, -0.15) is 5.26 Å². The fraction of sp³-hybridized carbons (Fsp3) is 0.552. The lowest BCUT2D eigenvalue weighted by Crippen LogP contribution is -2.57. The van der Waals surface area contributed by atoms with Crippen LogP contribution in [0.5, 0.6) is 0 Å². The van der Waals surface area contributed by atoms with Gasteiger partial charge in [0, 0.05) is 4.88 Å². The van der Waals surface area contributed by atoms with E-state index in [-0.39, 0.29) is 23.9 Å². The number of nitriles is 1. The third-order valence-electron chi connectivity index (χ3n) is 9.09. The maximum Gasteiger partial charge on any atom is 0.312 e. The molecule has 1 heterocycles. The summed E-state index contributed by atoms with van der Waals surface area (Å²) in [7, 11) is 0. The zero-order valence-corrected chi connectivity index (χ0v) is 21.1. The van der Waals surface area contributed by atoms with E-state index in [9.17, 15) is 14.9 Å². The first-order valence-corrected chi connectivity index (χ1v) is 13.8. The van der Waals surface area contributed by atoms with Crippen LogP contribution in [0.2, 0.25) is 0 Å². The Hall–Kier alpha value is -2.65. The molecule has 1 aromatic carbocycles. The van der Waals surface area contributed by atoms with Gasteiger partial charge in [-0.3, -0.25) is 9.59 Å². The summed E-state index contributed by atoms with van der Waals surface area (Å²) in [6.45, 7) is 1.93. The van der Waals surface area contributed by atoms with Crippen molar-refractivity contribution in [2.45, 2.75) is 70.1 Å². The Balaban J connectivity index is 1.15. The monoisotopic (exact) mass is 488 g/mol. The third kappa shape index (κ3) is 3.89. The Labute approximate surface area is 210 Å². The minimum Gasteiger partial charge on any atom is -0.455 e. The summed E-state index contributed by atoms with van der Waals surface area (Å²) >= 11 is 1.50. The summed E-state index contributed by atoms with van der Waals surface area (Å²) in [5.74, 6) is 1.13. The largest absolute Gasteiger partial charge is 0.455 e. The van der Waals surface area contributed by atoms with Crippen molar-refractivity contribution in [1.82, 2.24) is 0 Å². The molecule has 0 saturated heterocycles. The molecule has 4 bridgehead atoms. The maximum atomic E-state index is 13.5. The number of hydrogen-bond acceptors (Lipinski definition) is 5. The van der Waals surface area contributed by atoms with Crippen molar-refractivity contribution in [3.8, 4) is 6.07 Å². The van der Waals surface area contributed by atoms with Crippen LogP contribution in [0.25, 0.3) is 0 Å². The van der Waals surface area contributed by atoms with Crippen LogP contribution in [0, 0.1) is 34.5 Å². The number of amides is 1. The second kappa shape index (κ2) is 8.48. The van der Waals surface area contributed by atoms with Gasteiger partial charge in [0.15, 0.2) is 6.61 Å². The average molecular weight is 489 g/mol. The molecule has 5 atom stereocenters. The van der Waals surface area contributed by atoms with Crippen molar-refractivity contribution >= 4 is 28.2 Å². The number of carbonyl (C=O) groups excluding carboxylic acids is 2. The molecule has 7 rings (SSSR count). The molecular weight excluding hydrogens is 456 g/mol. The lowest BCUT2D eigenvalue weighted by Gasteiger charge is -2.61. The summed E-state index contributed by atoms with van der Waals surface area (Å²) in [6.07, 6.45) is 9.01. The SMILES string of the molecule is C[C@@H]1CCc2c(sc(NC(=O)COC(=O)C34C[C@H]5C[C@@H](C3)CC(c3ccccc3)(C5)C4)c2C#N)C1. The first-order valence-electron chi connectivity index (χ1n) is 13.0. The molecule has 2 unspecified atom stereocenters. The van der Waals surface area contributed by atoms with Gasteiger partial charge in [0.1, 0.15) is 11.1 Å². The van der Waals surface area contributed by atoms with Gasteiger partial charge in [-0.15, -0.1) is 11.3 Å². The smallest absolute Gasteiger partial charge is 0.312 e. The summed E-state index contributed by atoms with van der Waals surface area (Å²) < 4.78 is 5.71. The number of nitrogens with one attached hydrogen (secondary N) is 1. The second-order valence-corrected chi connectivity index (χ2v) is 12.8. The summed E-state index contributed by atoms with van der Waals surface area (Å²) in [6, 6.07) is 13.0. The maximum absolute atomic E-state index is 13.5. The van der Waals surface area contributed by atoms with E-state index in [0.717, 1.165) is 56.9 Å². The number of anilines is 1. The number of hydrogen-bond donors (Lipinski definition) is 1. The highest BCUT2D eigenvalue weighted by Gasteiger charge is 2.61. The van der Waals surface area contributed by atoms with Crippen molar-refractivity contribution in [1.29, 1.82) is 5.26 Å². The summed E-state index contributed by atoms with van der Waals surface area (Å²) in [4.78, 5) is 27.5. The molecule has 1 amide bonds. The van der Waals surface area contributed by atoms with Gasteiger partial charge in [0.2, 0.25) is 0 Å². The van der Waals surface area contributed by atoms with E-state index in [1.165, 1.54) is 28.2 Å². The standard InChI is InChI=1S/C29H32N2O3S/c1-18-7-8-22-23(15-30)26(35-24(22)9-18)31-25(32)16-34-27(33)29-13-19-10-20(14-29)12-28(11-19,17-29)21-5-3-2-4-6-21/h2-6,18-20H,7-14,16-17H2,1H3,(H,31,32)/t18-,19-,20+,28?,29?/m1/s1. The Morgan fingerprint density at radius 3 is 2.63 bits per heavy atom. The molecule has 2 aromatic rings. The molecule has 4 saturated carbocycles. The molecule has 1 aromatic heterocycles. The molecule has 6 heteroatoms. The van der Waals surface area contributed by atoms with Crippen molar-refractivity contribution in [3.63, 3.8) is 0 Å². The number of esters is 1. The Morgan fingerprint density at radius 1 is 1.17 bits per heavy atom. The van der Waals surface area contributed by atoms with Crippen molar-refractivity contribution in [2.75, 3.05) is 11.9 Å². The van der Waals surface area contributed by atoms with E-state index in [0.29, 0.717) is 28.3 Å². The van der Waals surface area contributed by atoms with Crippen LogP contribution in [0.15, 0.2) is 30.3 Å². The minimum absolute atomic E-state index is 0.0570. The van der Waals surface area contributed by atoms with E-state index in [1.807, 2.05) is 0 Å². The van der Waals surface area contributed by atoms with Crippen LogP contribution in [0.4, 0.5) is 5.00 Å². The highest BCUT2D eigenvalue weighted by molar-refractivity contribution is 7.16. The molecule has 182 valence electrons. The molecule has 0 radical (unpaired) electrons. The molecular formula is C29H32N2O3S. The molecule has 35 heavy (non-hydrogen) atoms. The lowest BCUT2D eigenvalue weighted by atomic mass is 9.43. The van der Waals surface area contributed by atoms with Crippen LogP contribution < -0.4 is 5.32 Å². The predicted octanol–water partition coefficient (Wildman–Crippen LogP) is 5.76. The van der Waals surface area contributed by atoms with Crippen molar-refractivity contribution in [2.24, 2.45) is 23.2 Å². The van der Waals surface area contributed by atoms with E-state index < -0.39 is 5.41 Å². The molecule has 0 aliphatic heterocycles. The predicted molar refractivity (Wildman–Crippen MR) is 135 cm³/mol. The highest BCUT2D eigenvalue weighted by atomic mass is 32.1. The quantitative estimate of drug-likeness (QED) is 0.542. The fourth-order valence-electron chi connectivity index (χ4n) is 8.03. The molecule has 4 fully saturated rings. The fourth-order valence-corrected chi connectivity index (χ4v) is 9.41. The first-order chi connectivity index (χ1) is 16.9. The highest BCUT2D eigenvalue weighted by Crippen LogP contribution is 2.66. The van der Waals surface area contributed by atoms with Crippen LogP contribution in [0.1, 0.15) is 73.4 Å². The zero-order chi connectivity index (χ0) is 24.2. The zero-order valence-electron chi connectivity index (χ0n) is 20.3. The second-order valence-electron chi connectivity index (χ2n) is 11.7. The van der Waals surface area contributed by atoms with Gasteiger partial charge in [0.05, 0.1) is 11.0 Å². The molecule has 1 N–H and O–H groups in total. The third-order valence-corrected chi connectivity index (χ3v) is 10.3. The Morgan fingerprint density at radius 2 is 1.91 bits per heavy atom. The van der Waals surface area contributed by atoms with E-state index in [1.54, 1.807) is 0 Å². The number of rotatable bonds is 5. The van der Waals surface area contributed by atoms with Crippen LogP contribution in [-0.4, -0.2) is 18.5 Å². The number of carbonyl (C=O) groups is 2. The van der Waals surface area contributed by atoms with Crippen molar-refractivity contribution < 1.29 is 14.3 Å². The van der Waals surface area contributed by atoms with Gasteiger partial charge in [-0.05, 0) is 92.1 Å². The Bertz CT molecular complexity index is 1200. The van der Waals surface area contributed by atoms with Crippen LogP contribution in [-0.2, 0) is 32.6 Å². The van der Waals surface area contributed by atoms with Gasteiger partial charge < -0.3 is 10.1 Å². The van der Waals surface area contributed by atoms with Gasteiger partial charge in [-0.25, -0.2) is 0 Å². The summed E-state index contributed by atoms with van der Waals surface area (Å²) in [5.41, 5.74) is 2.60. The summed E-state index contributed by atoms with van der Waals surface area (Å²) in [5, 5.41) is 13.2. The molecule has 0 spiro atoms. The molecule has 5 aliphatic rings. The number of fused-ring (bicyclic) bond motifs is 1. The Kier molecular flexibility index (Phi) is 5.52. The topological polar surface area (TPSA) is 79.2 Å². The number of benzene rings is 1. The van der Waals surface area contributed by atoms with E-state index >= 15 is 0 Å². The van der Waals surface area contributed by atoms with Gasteiger partial charge in [-0.1, -0.05) is 37.3 Å². The number of ether oxygens (including phenoxy) is 1. The minimum atomic E-state index is -0.476. The van der Waals surface area contributed by atoms with Gasteiger partial charge in [0.25, 0.3) is 5.91 Å². The average Bonchev–Trinajstić information content (AvgIpc) is 3.18. The number of thiophene rings is 1. The number of nitrogens with zero attached hydrogens (tertiary/aromatic N) is 1. The molecule has 5 nitrogen and oxygen atoms in total. The van der Waals surface area contributed by atoms with Gasteiger partial charge >= 0.3 is 5.97 Å². The van der Waals surface area contributed by atoms with Crippen LogP contribution >= 0.6 is 11.3 Å². The van der Waals surface area contributed by atoms with E-state index in [2.05, 4.69) is 48.6 Å². The van der Waals surface area contributed by atoms with E-state index in [4.69, 9.17) is 4.74 Å². The normalized spacial score (nSPS) is 32.5. The lowest BCUT2D eigenvalue weighted by molar-refractivity contribution is -0.175.